The summed E-state index contributed by atoms with van der Waals surface area (Å²) in [5, 5.41) is 3.28. The molecule has 1 unspecified atom stereocenters. The molecule has 0 spiro atoms. The van der Waals surface area contributed by atoms with Crippen molar-refractivity contribution in [3.8, 4) is 11.5 Å². The Kier molecular flexibility index (Phi) is 3.78. The van der Waals surface area contributed by atoms with E-state index in [0.717, 1.165) is 30.0 Å². The smallest absolute Gasteiger partial charge is 0.222 e. The molecule has 1 aromatic rings. The Labute approximate surface area is 118 Å². The Morgan fingerprint density at radius 1 is 1.30 bits per heavy atom. The Hall–Kier alpha value is -1.75. The van der Waals surface area contributed by atoms with Crippen LogP contribution in [-0.2, 0) is 4.79 Å². The fourth-order valence-corrected chi connectivity index (χ4v) is 2.76. The molecule has 1 amide bonds. The van der Waals surface area contributed by atoms with Crippen molar-refractivity contribution in [3.05, 3.63) is 23.8 Å². The van der Waals surface area contributed by atoms with Crippen LogP contribution >= 0.6 is 0 Å². The van der Waals surface area contributed by atoms with Crippen LogP contribution in [-0.4, -0.2) is 44.2 Å². The van der Waals surface area contributed by atoms with Crippen molar-refractivity contribution in [2.75, 3.05) is 33.4 Å². The van der Waals surface area contributed by atoms with Crippen LogP contribution in [0.4, 0.5) is 0 Å². The maximum Gasteiger partial charge on any atom is 0.222 e. The molecule has 1 saturated heterocycles. The summed E-state index contributed by atoms with van der Waals surface area (Å²) in [6.45, 7) is 2.76. The molecule has 0 aliphatic carbocycles. The Morgan fingerprint density at radius 2 is 2.10 bits per heavy atom. The molecular formula is C15H20N2O3. The number of benzene rings is 1. The van der Waals surface area contributed by atoms with Gasteiger partial charge in [0.25, 0.3) is 0 Å². The van der Waals surface area contributed by atoms with Crippen LogP contribution in [0.15, 0.2) is 18.2 Å². The first-order chi connectivity index (χ1) is 9.78. The molecule has 2 aliphatic rings. The van der Waals surface area contributed by atoms with Gasteiger partial charge in [0.2, 0.25) is 5.91 Å². The van der Waals surface area contributed by atoms with Gasteiger partial charge in [-0.2, -0.15) is 0 Å². The number of hydrogen-bond donors (Lipinski definition) is 1. The van der Waals surface area contributed by atoms with E-state index < -0.39 is 0 Å². The third-order valence-electron chi connectivity index (χ3n) is 3.89. The molecule has 5 heteroatoms. The monoisotopic (exact) mass is 276 g/mol. The standard InChI is InChI=1S/C15H20N2O3/c1-16-12(10-17-6-2-3-15(17)18)11-4-5-13-14(9-11)20-8-7-19-13/h4-5,9,12,16H,2-3,6-8,10H2,1H3. The highest BCUT2D eigenvalue weighted by Crippen LogP contribution is 2.33. The average Bonchev–Trinajstić information content (AvgIpc) is 2.89. The number of carbonyl (C=O) groups excluding carboxylic acids is 1. The van der Waals surface area contributed by atoms with Gasteiger partial charge in [-0.1, -0.05) is 6.07 Å². The van der Waals surface area contributed by atoms with Gasteiger partial charge in [0, 0.05) is 25.6 Å². The molecule has 3 rings (SSSR count). The largest absolute Gasteiger partial charge is 0.486 e. The second-order valence-corrected chi connectivity index (χ2v) is 5.19. The molecule has 0 saturated carbocycles. The highest BCUT2D eigenvalue weighted by Gasteiger charge is 2.24. The van der Waals surface area contributed by atoms with Crippen molar-refractivity contribution in [3.63, 3.8) is 0 Å². The Morgan fingerprint density at radius 3 is 2.80 bits per heavy atom. The summed E-state index contributed by atoms with van der Waals surface area (Å²) in [4.78, 5) is 13.7. The molecule has 5 nitrogen and oxygen atoms in total. The van der Waals surface area contributed by atoms with E-state index in [-0.39, 0.29) is 11.9 Å². The molecule has 1 atom stereocenters. The predicted octanol–water partition coefficient (Wildman–Crippen LogP) is 1.34. The minimum absolute atomic E-state index is 0.118. The third kappa shape index (κ3) is 2.58. The number of nitrogens with one attached hydrogen (secondary N) is 1. The maximum atomic E-state index is 11.7. The summed E-state index contributed by atoms with van der Waals surface area (Å²) < 4.78 is 11.1. The van der Waals surface area contributed by atoms with Crippen molar-refractivity contribution < 1.29 is 14.3 Å². The fraction of sp³-hybridized carbons (Fsp3) is 0.533. The van der Waals surface area contributed by atoms with Gasteiger partial charge in [0.05, 0.1) is 0 Å². The second kappa shape index (κ2) is 5.71. The summed E-state index contributed by atoms with van der Waals surface area (Å²) >= 11 is 0. The zero-order valence-corrected chi connectivity index (χ0v) is 11.7. The number of nitrogens with zero attached hydrogens (tertiary/aromatic N) is 1. The van der Waals surface area contributed by atoms with E-state index >= 15 is 0 Å². The molecular weight excluding hydrogens is 256 g/mol. The predicted molar refractivity (Wildman–Crippen MR) is 75.0 cm³/mol. The topological polar surface area (TPSA) is 50.8 Å². The van der Waals surface area contributed by atoms with Gasteiger partial charge in [-0.05, 0) is 31.2 Å². The Bertz CT molecular complexity index is 504. The van der Waals surface area contributed by atoms with Gasteiger partial charge in [0.15, 0.2) is 11.5 Å². The van der Waals surface area contributed by atoms with Gasteiger partial charge in [-0.15, -0.1) is 0 Å². The molecule has 1 N–H and O–H groups in total. The third-order valence-corrected chi connectivity index (χ3v) is 3.89. The first kappa shape index (κ1) is 13.2. The first-order valence-electron chi connectivity index (χ1n) is 7.12. The number of carbonyl (C=O) groups is 1. The zero-order chi connectivity index (χ0) is 13.9. The summed E-state index contributed by atoms with van der Waals surface area (Å²) in [6, 6.07) is 6.11. The highest BCUT2D eigenvalue weighted by atomic mass is 16.6. The number of rotatable bonds is 4. The minimum Gasteiger partial charge on any atom is -0.486 e. The van der Waals surface area contributed by atoms with E-state index in [2.05, 4.69) is 5.32 Å². The van der Waals surface area contributed by atoms with Crippen LogP contribution in [0.3, 0.4) is 0 Å². The van der Waals surface area contributed by atoms with Gasteiger partial charge >= 0.3 is 0 Å². The molecule has 0 bridgehead atoms. The summed E-state index contributed by atoms with van der Waals surface area (Å²) in [5.41, 5.74) is 1.12. The number of likely N-dealkylation sites (N-methyl/N-ethyl adjacent to an activating group) is 1. The summed E-state index contributed by atoms with van der Waals surface area (Å²) in [7, 11) is 1.92. The van der Waals surface area contributed by atoms with Gasteiger partial charge < -0.3 is 19.7 Å². The summed E-state index contributed by atoms with van der Waals surface area (Å²) in [5.74, 6) is 1.84. The van der Waals surface area contributed by atoms with Crippen LogP contribution < -0.4 is 14.8 Å². The van der Waals surface area contributed by atoms with E-state index in [1.54, 1.807) is 0 Å². The van der Waals surface area contributed by atoms with Crippen molar-refractivity contribution in [1.29, 1.82) is 0 Å². The molecule has 108 valence electrons. The van der Waals surface area contributed by atoms with Gasteiger partial charge in [0.1, 0.15) is 13.2 Å². The first-order valence-corrected chi connectivity index (χ1v) is 7.12. The zero-order valence-electron chi connectivity index (χ0n) is 11.7. The number of fused-ring (bicyclic) bond motifs is 1. The van der Waals surface area contributed by atoms with Crippen LogP contribution in [0.2, 0.25) is 0 Å². The molecule has 2 heterocycles. The molecule has 1 fully saturated rings. The number of likely N-dealkylation sites (tertiary alicyclic amines) is 1. The molecule has 0 radical (unpaired) electrons. The number of hydrogen-bond acceptors (Lipinski definition) is 4. The molecule has 0 aromatic heterocycles. The lowest BCUT2D eigenvalue weighted by atomic mass is 10.1. The lowest BCUT2D eigenvalue weighted by Gasteiger charge is -2.25. The van der Waals surface area contributed by atoms with E-state index in [4.69, 9.17) is 9.47 Å². The summed E-state index contributed by atoms with van der Waals surface area (Å²) in [6.07, 6.45) is 1.65. The van der Waals surface area contributed by atoms with Crippen LogP contribution in [0.25, 0.3) is 0 Å². The SMILES string of the molecule is CNC(CN1CCCC1=O)c1ccc2c(c1)OCCO2. The lowest BCUT2D eigenvalue weighted by Crippen LogP contribution is -2.34. The minimum atomic E-state index is 0.118. The Balaban J connectivity index is 1.76. The van der Waals surface area contributed by atoms with E-state index in [1.807, 2.05) is 30.1 Å². The van der Waals surface area contributed by atoms with Crippen LogP contribution in [0, 0.1) is 0 Å². The second-order valence-electron chi connectivity index (χ2n) is 5.19. The normalized spacial score (nSPS) is 19.2. The highest BCUT2D eigenvalue weighted by molar-refractivity contribution is 5.78. The van der Waals surface area contributed by atoms with Crippen molar-refractivity contribution in [1.82, 2.24) is 10.2 Å². The van der Waals surface area contributed by atoms with Crippen LogP contribution in [0.1, 0.15) is 24.4 Å². The van der Waals surface area contributed by atoms with Gasteiger partial charge in [-0.3, -0.25) is 4.79 Å². The van der Waals surface area contributed by atoms with Crippen molar-refractivity contribution in [2.45, 2.75) is 18.9 Å². The van der Waals surface area contributed by atoms with E-state index in [0.29, 0.717) is 26.2 Å². The maximum absolute atomic E-state index is 11.7. The lowest BCUT2D eigenvalue weighted by molar-refractivity contribution is -0.128. The van der Waals surface area contributed by atoms with Crippen molar-refractivity contribution >= 4 is 5.91 Å². The fourth-order valence-electron chi connectivity index (χ4n) is 2.76. The van der Waals surface area contributed by atoms with E-state index in [1.165, 1.54) is 0 Å². The quantitative estimate of drug-likeness (QED) is 0.901. The van der Waals surface area contributed by atoms with Crippen molar-refractivity contribution in [2.24, 2.45) is 0 Å². The average molecular weight is 276 g/mol. The molecule has 1 aromatic carbocycles. The van der Waals surface area contributed by atoms with E-state index in [9.17, 15) is 4.79 Å². The molecule has 2 aliphatic heterocycles. The molecule has 20 heavy (non-hydrogen) atoms. The number of ether oxygens (including phenoxy) is 2. The van der Waals surface area contributed by atoms with Gasteiger partial charge in [-0.25, -0.2) is 0 Å². The van der Waals surface area contributed by atoms with Crippen LogP contribution in [0.5, 0.6) is 11.5 Å². The number of amides is 1.